The highest BCUT2D eigenvalue weighted by Gasteiger charge is 2.19. The van der Waals surface area contributed by atoms with Crippen molar-refractivity contribution in [2.24, 2.45) is 7.05 Å². The minimum Gasteiger partial charge on any atom is -0.460 e. The average Bonchev–Trinajstić information content (AvgIpc) is 3.26. The van der Waals surface area contributed by atoms with Gasteiger partial charge in [-0.1, -0.05) is 11.6 Å². The van der Waals surface area contributed by atoms with Crippen LogP contribution in [0.4, 0.5) is 5.82 Å². The molecule has 0 saturated heterocycles. The van der Waals surface area contributed by atoms with Gasteiger partial charge in [-0.3, -0.25) is 9.48 Å². The number of hydrogen-bond acceptors (Lipinski definition) is 6. The van der Waals surface area contributed by atoms with Gasteiger partial charge in [-0.05, 0) is 35.3 Å². The first-order valence-corrected chi connectivity index (χ1v) is 7.48. The summed E-state index contributed by atoms with van der Waals surface area (Å²) in [5, 5.41) is 18.5. The molecule has 0 spiro atoms. The molecule has 128 valence electrons. The van der Waals surface area contributed by atoms with Crippen molar-refractivity contribution in [2.75, 3.05) is 0 Å². The predicted octanol–water partition coefficient (Wildman–Crippen LogP) is 2.72. The lowest BCUT2D eigenvalue weighted by Crippen LogP contribution is -2.00. The molecule has 3 rings (SSSR count). The van der Waals surface area contributed by atoms with E-state index in [4.69, 9.17) is 16.0 Å². The summed E-state index contributed by atoms with van der Waals surface area (Å²) < 4.78 is 8.40. The minimum atomic E-state index is -0.654. The van der Waals surface area contributed by atoms with Crippen LogP contribution < -0.4 is 0 Å². The normalized spacial score (nSPS) is 11.3. The van der Waals surface area contributed by atoms with Gasteiger partial charge in [-0.2, -0.15) is 9.78 Å². The molecular formula is C15H12ClN5O4. The van der Waals surface area contributed by atoms with Crippen LogP contribution in [0.5, 0.6) is 0 Å². The van der Waals surface area contributed by atoms with Gasteiger partial charge in [0.2, 0.25) is 5.78 Å². The Bertz CT molecular complexity index is 968. The van der Waals surface area contributed by atoms with Crippen LogP contribution in [0.2, 0.25) is 5.02 Å². The molecule has 3 heterocycles. The topological polar surface area (TPSA) is 109 Å². The molecule has 0 aliphatic carbocycles. The number of furan rings is 1. The third kappa shape index (κ3) is 3.83. The Balaban J connectivity index is 1.68. The van der Waals surface area contributed by atoms with E-state index in [-0.39, 0.29) is 17.4 Å². The van der Waals surface area contributed by atoms with E-state index in [9.17, 15) is 14.9 Å². The molecule has 0 radical (unpaired) electrons. The molecule has 0 amide bonds. The van der Waals surface area contributed by atoms with Crippen molar-refractivity contribution < 1.29 is 14.1 Å². The summed E-state index contributed by atoms with van der Waals surface area (Å²) in [6, 6.07) is 4.98. The van der Waals surface area contributed by atoms with Crippen LogP contribution >= 0.6 is 11.6 Å². The van der Waals surface area contributed by atoms with E-state index in [1.54, 1.807) is 36.1 Å². The molecular weight excluding hydrogens is 350 g/mol. The monoisotopic (exact) mass is 361 g/mol. The Morgan fingerprint density at radius 1 is 1.40 bits per heavy atom. The fraction of sp³-hybridized carbons (Fsp3) is 0.133. The van der Waals surface area contributed by atoms with Gasteiger partial charge in [-0.15, -0.1) is 0 Å². The van der Waals surface area contributed by atoms with Crippen LogP contribution in [0.25, 0.3) is 6.08 Å². The molecule has 0 aliphatic rings. The number of nitrogens with zero attached hydrogens (tertiary/aromatic N) is 5. The van der Waals surface area contributed by atoms with Crippen molar-refractivity contribution >= 4 is 29.3 Å². The second kappa shape index (κ2) is 6.73. The van der Waals surface area contributed by atoms with E-state index in [1.807, 2.05) is 0 Å². The summed E-state index contributed by atoms with van der Waals surface area (Å²) >= 11 is 5.74. The maximum Gasteiger partial charge on any atom is 0.408 e. The fourth-order valence-electron chi connectivity index (χ4n) is 2.11. The van der Waals surface area contributed by atoms with E-state index in [2.05, 4.69) is 10.2 Å². The molecule has 0 bridgehead atoms. The predicted molar refractivity (Wildman–Crippen MR) is 88.3 cm³/mol. The maximum atomic E-state index is 11.9. The molecule has 0 saturated carbocycles. The zero-order valence-corrected chi connectivity index (χ0v) is 13.8. The van der Waals surface area contributed by atoms with Gasteiger partial charge >= 0.3 is 5.82 Å². The number of rotatable bonds is 6. The van der Waals surface area contributed by atoms with Gasteiger partial charge in [0.15, 0.2) is 5.02 Å². The standard InChI is InChI=1S/C15H12ClN5O4/c1-19-7-6-13(17-19)14(22)5-4-10-2-3-11(25-10)8-20-9-12(16)15(18-20)21(23)24/h2-7,9H,8H2,1H3/b5-4+. The first-order valence-electron chi connectivity index (χ1n) is 7.10. The van der Waals surface area contributed by atoms with E-state index < -0.39 is 10.7 Å². The van der Waals surface area contributed by atoms with Crippen LogP contribution in [0.15, 0.2) is 41.1 Å². The van der Waals surface area contributed by atoms with Gasteiger partial charge in [0.25, 0.3) is 0 Å². The lowest BCUT2D eigenvalue weighted by atomic mass is 10.2. The fourth-order valence-corrected chi connectivity index (χ4v) is 2.33. The van der Waals surface area contributed by atoms with Crippen LogP contribution in [-0.4, -0.2) is 30.3 Å². The first kappa shape index (κ1) is 16.7. The van der Waals surface area contributed by atoms with Gasteiger partial charge in [-0.25, -0.2) is 0 Å². The lowest BCUT2D eigenvalue weighted by molar-refractivity contribution is -0.389. The summed E-state index contributed by atoms with van der Waals surface area (Å²) in [6.07, 6.45) is 5.92. The van der Waals surface area contributed by atoms with Gasteiger partial charge in [0, 0.05) is 13.2 Å². The Kier molecular flexibility index (Phi) is 4.48. The van der Waals surface area contributed by atoms with E-state index >= 15 is 0 Å². The summed E-state index contributed by atoms with van der Waals surface area (Å²) in [4.78, 5) is 22.0. The largest absolute Gasteiger partial charge is 0.460 e. The summed E-state index contributed by atoms with van der Waals surface area (Å²) in [6.45, 7) is 0.176. The van der Waals surface area contributed by atoms with Crippen LogP contribution in [0.3, 0.4) is 0 Å². The highest BCUT2D eigenvalue weighted by atomic mass is 35.5. The SMILES string of the molecule is Cn1ccc(C(=O)/C=C/c2ccc(Cn3cc(Cl)c([N+](=O)[O-])n3)o2)n1. The number of halogens is 1. The van der Waals surface area contributed by atoms with Crippen molar-refractivity contribution in [3.05, 3.63) is 69.0 Å². The zero-order chi connectivity index (χ0) is 18.0. The number of allylic oxidation sites excluding steroid dienone is 1. The summed E-state index contributed by atoms with van der Waals surface area (Å²) in [7, 11) is 1.73. The number of carbonyl (C=O) groups is 1. The highest BCUT2D eigenvalue weighted by molar-refractivity contribution is 6.32. The molecule has 10 heteroatoms. The third-order valence-corrected chi connectivity index (χ3v) is 3.50. The smallest absolute Gasteiger partial charge is 0.408 e. The minimum absolute atomic E-state index is 0.0439. The number of carbonyl (C=O) groups excluding carboxylic acids is 1. The Hall–Kier alpha value is -3.20. The molecule has 0 unspecified atom stereocenters. The number of ketones is 1. The zero-order valence-electron chi connectivity index (χ0n) is 13.0. The molecule has 0 N–H and O–H groups in total. The third-order valence-electron chi connectivity index (χ3n) is 3.24. The van der Waals surface area contributed by atoms with E-state index in [1.165, 1.54) is 23.0 Å². The Morgan fingerprint density at radius 3 is 2.84 bits per heavy atom. The Morgan fingerprint density at radius 2 is 2.20 bits per heavy atom. The quantitative estimate of drug-likeness (QED) is 0.289. The molecule has 3 aromatic heterocycles. The second-order valence-electron chi connectivity index (χ2n) is 5.13. The van der Waals surface area contributed by atoms with Crippen molar-refractivity contribution in [2.45, 2.75) is 6.54 Å². The molecule has 9 nitrogen and oxygen atoms in total. The molecule has 25 heavy (non-hydrogen) atoms. The maximum absolute atomic E-state index is 11.9. The van der Waals surface area contributed by atoms with Crippen LogP contribution in [-0.2, 0) is 13.6 Å². The van der Waals surface area contributed by atoms with E-state index in [0.29, 0.717) is 17.2 Å². The van der Waals surface area contributed by atoms with Crippen LogP contribution in [0, 0.1) is 10.1 Å². The van der Waals surface area contributed by atoms with Crippen LogP contribution in [0.1, 0.15) is 22.0 Å². The summed E-state index contributed by atoms with van der Waals surface area (Å²) in [5.74, 6) is 0.327. The Labute approximate surface area is 146 Å². The van der Waals surface area contributed by atoms with Crippen molar-refractivity contribution in [3.8, 4) is 0 Å². The lowest BCUT2D eigenvalue weighted by Gasteiger charge is -1.92. The highest BCUT2D eigenvalue weighted by Crippen LogP contribution is 2.22. The van der Waals surface area contributed by atoms with Crippen molar-refractivity contribution in [1.82, 2.24) is 19.6 Å². The molecule has 0 fully saturated rings. The molecule has 0 atom stereocenters. The van der Waals surface area contributed by atoms with E-state index in [0.717, 1.165) is 0 Å². The number of aryl methyl sites for hydroxylation is 1. The van der Waals surface area contributed by atoms with Gasteiger partial charge < -0.3 is 14.5 Å². The molecule has 0 aliphatic heterocycles. The second-order valence-corrected chi connectivity index (χ2v) is 5.54. The van der Waals surface area contributed by atoms with Crippen molar-refractivity contribution in [3.63, 3.8) is 0 Å². The average molecular weight is 362 g/mol. The van der Waals surface area contributed by atoms with Crippen molar-refractivity contribution in [1.29, 1.82) is 0 Å². The molecule has 0 aromatic carbocycles. The summed E-state index contributed by atoms with van der Waals surface area (Å²) in [5.41, 5.74) is 0.337. The van der Waals surface area contributed by atoms with Gasteiger partial charge in [0.05, 0.1) is 11.3 Å². The van der Waals surface area contributed by atoms with Gasteiger partial charge in [0.1, 0.15) is 23.8 Å². The number of hydrogen-bond donors (Lipinski definition) is 0. The molecule has 3 aromatic rings. The number of nitro groups is 1. The first-order chi connectivity index (χ1) is 11.9. The number of aromatic nitrogens is 4.